The van der Waals surface area contributed by atoms with E-state index in [1.54, 1.807) is 0 Å². The Balaban J connectivity index is 1.61. The van der Waals surface area contributed by atoms with Gasteiger partial charge >= 0.3 is 0 Å². The van der Waals surface area contributed by atoms with E-state index in [0.29, 0.717) is 12.1 Å². The van der Waals surface area contributed by atoms with Crippen molar-refractivity contribution in [3.63, 3.8) is 0 Å². The first-order chi connectivity index (χ1) is 18.1. The predicted octanol–water partition coefficient (Wildman–Crippen LogP) is 6.15. The van der Waals surface area contributed by atoms with Crippen LogP contribution in [-0.2, 0) is 11.0 Å². The molecule has 0 bridgehead atoms. The van der Waals surface area contributed by atoms with Crippen LogP contribution in [0.4, 0.5) is 0 Å². The fraction of sp³-hybridized carbons (Fsp3) is 0.182. The highest BCUT2D eigenvalue weighted by molar-refractivity contribution is 5.51. The van der Waals surface area contributed by atoms with E-state index in [1.165, 1.54) is 0 Å². The van der Waals surface area contributed by atoms with Crippen molar-refractivity contribution in [3.05, 3.63) is 161 Å². The molecule has 2 N–H and O–H groups in total. The molecule has 0 radical (unpaired) electrons. The van der Waals surface area contributed by atoms with Crippen LogP contribution in [0, 0.1) is 0 Å². The summed E-state index contributed by atoms with van der Waals surface area (Å²) in [4.78, 5) is 4.91. The van der Waals surface area contributed by atoms with Gasteiger partial charge in [0.25, 0.3) is 0 Å². The maximum atomic E-state index is 11.6. The minimum absolute atomic E-state index is 0.538. The van der Waals surface area contributed by atoms with E-state index >= 15 is 0 Å². The molecule has 0 fully saturated rings. The number of imidazole rings is 1. The summed E-state index contributed by atoms with van der Waals surface area (Å²) in [5.74, 6) is 0. The molecule has 1 aromatic heterocycles. The second kappa shape index (κ2) is 9.15. The van der Waals surface area contributed by atoms with Gasteiger partial charge in [0, 0.05) is 6.20 Å². The maximum absolute atomic E-state index is 11.6. The molecule has 0 aliphatic heterocycles. The van der Waals surface area contributed by atoms with E-state index in [9.17, 15) is 10.2 Å². The quantitative estimate of drug-likeness (QED) is 0.283. The van der Waals surface area contributed by atoms with Gasteiger partial charge in [0.1, 0.15) is 5.54 Å². The summed E-state index contributed by atoms with van der Waals surface area (Å²) in [6.07, 6.45) is 2.70. The van der Waals surface area contributed by atoms with Crippen molar-refractivity contribution in [1.82, 2.24) is 9.55 Å². The van der Waals surface area contributed by atoms with E-state index in [0.717, 1.165) is 27.8 Å². The molecular weight excluding hydrogens is 456 g/mol. The third kappa shape index (κ3) is 3.33. The van der Waals surface area contributed by atoms with Crippen molar-refractivity contribution in [2.24, 2.45) is 0 Å². The number of benzene rings is 4. The number of hydrogen-bond acceptors (Lipinski definition) is 3. The van der Waals surface area contributed by atoms with E-state index in [4.69, 9.17) is 4.98 Å². The van der Waals surface area contributed by atoms with Crippen molar-refractivity contribution in [3.8, 4) is 0 Å². The van der Waals surface area contributed by atoms with Gasteiger partial charge in [-0.1, -0.05) is 122 Å². The molecule has 2 atom stereocenters. The lowest BCUT2D eigenvalue weighted by Crippen LogP contribution is -2.38. The molecule has 184 valence electrons. The highest BCUT2D eigenvalue weighted by Crippen LogP contribution is 2.56. The van der Waals surface area contributed by atoms with Gasteiger partial charge in [-0.15, -0.1) is 0 Å². The second-order valence-corrected chi connectivity index (χ2v) is 9.80. The predicted molar refractivity (Wildman–Crippen MR) is 145 cm³/mol. The minimum Gasteiger partial charge on any atom is -0.387 e. The van der Waals surface area contributed by atoms with Gasteiger partial charge in [0.05, 0.1) is 29.6 Å². The largest absolute Gasteiger partial charge is 0.387 e. The Hall–Kier alpha value is -3.99. The molecule has 1 aliphatic rings. The lowest BCUT2D eigenvalue weighted by Gasteiger charge is -2.38. The van der Waals surface area contributed by atoms with Crippen molar-refractivity contribution >= 4 is 0 Å². The maximum Gasteiger partial charge on any atom is 0.121 e. The molecule has 4 heteroatoms. The zero-order chi connectivity index (χ0) is 25.5. The number of hydrogen-bond donors (Lipinski definition) is 2. The van der Waals surface area contributed by atoms with Crippen LogP contribution in [0.2, 0.25) is 0 Å². The van der Waals surface area contributed by atoms with Crippen LogP contribution in [0.15, 0.2) is 128 Å². The smallest absolute Gasteiger partial charge is 0.121 e. The fourth-order valence-corrected chi connectivity index (χ4v) is 6.29. The van der Waals surface area contributed by atoms with Crippen molar-refractivity contribution in [2.45, 2.75) is 36.5 Å². The Bertz CT molecular complexity index is 1370. The van der Waals surface area contributed by atoms with Gasteiger partial charge in [0.15, 0.2) is 0 Å². The summed E-state index contributed by atoms with van der Waals surface area (Å²) in [6.45, 7) is 2.01. The standard InChI is InChI=1S/C33H30N2O2/c1-2-32(30(36)27-20-12-13-21-28(27)31(32)37)29-22-35(23-34-29)33(24-14-6-3-7-15-24,25-16-8-4-9-17-25)26-18-10-5-11-19-26/h3-23,30-31,36-37H,2H2,1H3. The number of fused-ring (bicyclic) bond motifs is 1. The molecule has 1 heterocycles. The minimum atomic E-state index is -0.940. The molecular formula is C33H30N2O2. The lowest BCUT2D eigenvalue weighted by molar-refractivity contribution is -0.00146. The monoisotopic (exact) mass is 486 g/mol. The summed E-state index contributed by atoms with van der Waals surface area (Å²) in [7, 11) is 0. The van der Waals surface area contributed by atoms with E-state index < -0.39 is 23.2 Å². The second-order valence-electron chi connectivity index (χ2n) is 9.80. The molecule has 0 amide bonds. The Morgan fingerprint density at radius 3 is 1.49 bits per heavy atom. The van der Waals surface area contributed by atoms with E-state index in [-0.39, 0.29) is 0 Å². The first-order valence-electron chi connectivity index (χ1n) is 12.8. The van der Waals surface area contributed by atoms with Crippen molar-refractivity contribution in [1.29, 1.82) is 0 Å². The summed E-state index contributed by atoms with van der Waals surface area (Å²) < 4.78 is 2.14. The average molecular weight is 487 g/mol. The molecule has 1 aliphatic carbocycles. The molecule has 0 saturated carbocycles. The van der Waals surface area contributed by atoms with Gasteiger partial charge in [-0.3, -0.25) is 0 Å². The van der Waals surface area contributed by atoms with E-state index in [2.05, 4.69) is 77.4 Å². The van der Waals surface area contributed by atoms with Crippen LogP contribution in [0.3, 0.4) is 0 Å². The molecule has 4 nitrogen and oxygen atoms in total. The Morgan fingerprint density at radius 1 is 0.676 bits per heavy atom. The Labute approximate surface area is 217 Å². The molecule has 0 spiro atoms. The van der Waals surface area contributed by atoms with Crippen LogP contribution in [0.25, 0.3) is 0 Å². The number of aliphatic hydroxyl groups is 2. The highest BCUT2D eigenvalue weighted by Gasteiger charge is 2.54. The summed E-state index contributed by atoms with van der Waals surface area (Å²) in [5.41, 5.74) is 3.86. The van der Waals surface area contributed by atoms with Crippen molar-refractivity contribution in [2.75, 3.05) is 0 Å². The zero-order valence-electron chi connectivity index (χ0n) is 20.8. The summed E-state index contributed by atoms with van der Waals surface area (Å²) in [6, 6.07) is 38.9. The SMILES string of the molecule is CCC1(c2cn(C(c3ccccc3)(c3ccccc3)c3ccccc3)cn2)C(O)c2ccccc2C1O. The highest BCUT2D eigenvalue weighted by atomic mass is 16.3. The first kappa shape index (κ1) is 23.4. The molecule has 0 saturated heterocycles. The number of aromatic nitrogens is 2. The molecule has 37 heavy (non-hydrogen) atoms. The molecule has 2 unspecified atom stereocenters. The van der Waals surface area contributed by atoms with Crippen molar-refractivity contribution < 1.29 is 10.2 Å². The number of rotatable bonds is 6. The summed E-state index contributed by atoms with van der Waals surface area (Å²) in [5, 5.41) is 23.1. The fourth-order valence-electron chi connectivity index (χ4n) is 6.29. The third-order valence-corrected chi connectivity index (χ3v) is 8.17. The van der Waals surface area contributed by atoms with Gasteiger partial charge in [-0.2, -0.15) is 0 Å². The van der Waals surface area contributed by atoms with Gasteiger partial charge in [0.2, 0.25) is 0 Å². The third-order valence-electron chi connectivity index (χ3n) is 8.17. The average Bonchev–Trinajstić information content (AvgIpc) is 3.54. The first-order valence-corrected chi connectivity index (χ1v) is 12.8. The molecule has 5 aromatic rings. The van der Waals surface area contributed by atoms with Crippen LogP contribution in [0.1, 0.15) is 59.1 Å². The van der Waals surface area contributed by atoms with E-state index in [1.807, 2.05) is 61.9 Å². The molecule has 6 rings (SSSR count). The van der Waals surface area contributed by atoms with Gasteiger partial charge in [-0.05, 0) is 34.2 Å². The van der Waals surface area contributed by atoms with Crippen LogP contribution in [-0.4, -0.2) is 19.8 Å². The van der Waals surface area contributed by atoms with Crippen LogP contribution >= 0.6 is 0 Å². The summed E-state index contributed by atoms with van der Waals surface area (Å²) >= 11 is 0. The number of aliphatic hydroxyl groups excluding tert-OH is 2. The van der Waals surface area contributed by atoms with Crippen LogP contribution < -0.4 is 0 Å². The van der Waals surface area contributed by atoms with Gasteiger partial charge in [-0.25, -0.2) is 4.98 Å². The molecule has 4 aromatic carbocycles. The lowest BCUT2D eigenvalue weighted by atomic mass is 9.74. The normalized spacial score (nSPS) is 21.1. The zero-order valence-corrected chi connectivity index (χ0v) is 20.8. The topological polar surface area (TPSA) is 58.3 Å². The Kier molecular flexibility index (Phi) is 5.79. The van der Waals surface area contributed by atoms with Gasteiger partial charge < -0.3 is 14.8 Å². The number of nitrogens with zero attached hydrogens (tertiary/aromatic N) is 2. The Morgan fingerprint density at radius 2 is 1.08 bits per heavy atom. The van der Waals surface area contributed by atoms with Crippen LogP contribution in [0.5, 0.6) is 0 Å².